The Hall–Kier alpha value is -2.14. The summed E-state index contributed by atoms with van der Waals surface area (Å²) in [6, 6.07) is 12.4. The molecule has 92 valence electrons. The van der Waals surface area contributed by atoms with Gasteiger partial charge in [-0.25, -0.2) is 8.78 Å². The highest BCUT2D eigenvalue weighted by molar-refractivity contribution is 5.63. The van der Waals surface area contributed by atoms with E-state index in [1.807, 2.05) is 13.0 Å². The molecule has 0 aliphatic carbocycles. The van der Waals surface area contributed by atoms with Gasteiger partial charge in [-0.2, -0.15) is 0 Å². The third-order valence-corrected chi connectivity index (χ3v) is 2.22. The van der Waals surface area contributed by atoms with Gasteiger partial charge in [0.2, 0.25) is 0 Å². The van der Waals surface area contributed by atoms with E-state index in [0.717, 1.165) is 18.6 Å². The average molecular weight is 244 g/mol. The van der Waals surface area contributed by atoms with Crippen LogP contribution >= 0.6 is 0 Å². The smallest absolute Gasteiger partial charge is 0.131 e. The molecule has 0 radical (unpaired) electrons. The van der Waals surface area contributed by atoms with Gasteiger partial charge < -0.3 is 0 Å². The van der Waals surface area contributed by atoms with Crippen LogP contribution in [0.4, 0.5) is 8.78 Å². The minimum atomic E-state index is -0.426. The minimum Gasteiger partial charge on any atom is -0.207 e. The first-order valence-electron chi connectivity index (χ1n) is 5.63. The topological polar surface area (TPSA) is 0 Å². The first-order valence-corrected chi connectivity index (χ1v) is 5.63. The van der Waals surface area contributed by atoms with Crippen LogP contribution in [0.1, 0.15) is 13.3 Å². The molecule has 2 heteroatoms. The molecule has 0 saturated carbocycles. The molecule has 0 atom stereocenters. The molecule has 0 fully saturated rings. The fraction of sp³-hybridized carbons (Fsp3) is 0.125. The Kier molecular flexibility index (Phi) is 5.60. The Morgan fingerprint density at radius 3 is 2.22 bits per heavy atom. The molecule has 0 saturated heterocycles. The Bertz CT molecular complexity index is 525. The van der Waals surface area contributed by atoms with Gasteiger partial charge in [0.1, 0.15) is 11.6 Å². The molecule has 0 unspecified atom stereocenters. The normalized spacial score (nSPS) is 9.00. The van der Waals surface area contributed by atoms with Crippen molar-refractivity contribution in [1.82, 2.24) is 0 Å². The van der Waals surface area contributed by atoms with Gasteiger partial charge in [-0.15, -0.1) is 12.3 Å². The van der Waals surface area contributed by atoms with Crippen LogP contribution in [0, 0.1) is 24.0 Å². The molecule has 0 heterocycles. The van der Waals surface area contributed by atoms with Crippen molar-refractivity contribution in [2.24, 2.45) is 0 Å². The van der Waals surface area contributed by atoms with Crippen molar-refractivity contribution in [2.75, 3.05) is 0 Å². The molecule has 18 heavy (non-hydrogen) atoms. The lowest BCUT2D eigenvalue weighted by molar-refractivity contribution is 0.603. The van der Waals surface area contributed by atoms with E-state index in [9.17, 15) is 8.78 Å². The predicted molar refractivity (Wildman–Crippen MR) is 70.9 cm³/mol. The Balaban J connectivity index is 0.000000357. The molecule has 0 N–H and O–H groups in total. The van der Waals surface area contributed by atoms with Gasteiger partial charge >= 0.3 is 0 Å². The van der Waals surface area contributed by atoms with Gasteiger partial charge in [0.15, 0.2) is 0 Å². The monoisotopic (exact) mass is 244 g/mol. The predicted octanol–water partition coefficient (Wildman–Crippen LogP) is 4.66. The van der Waals surface area contributed by atoms with Crippen LogP contribution in [0.3, 0.4) is 0 Å². The SMILES string of the molecule is C#CCC.Fc1ccc(F)c(-c2ccccc2)c1. The second-order valence-electron chi connectivity index (χ2n) is 3.55. The fourth-order valence-corrected chi connectivity index (χ4v) is 1.34. The minimum absolute atomic E-state index is 0.297. The largest absolute Gasteiger partial charge is 0.207 e. The summed E-state index contributed by atoms with van der Waals surface area (Å²) in [5.74, 6) is 1.60. The number of halogens is 2. The number of hydrogen-bond acceptors (Lipinski definition) is 0. The van der Waals surface area contributed by atoms with Gasteiger partial charge in [-0.3, -0.25) is 0 Å². The fourth-order valence-electron chi connectivity index (χ4n) is 1.34. The zero-order valence-electron chi connectivity index (χ0n) is 10.2. The summed E-state index contributed by atoms with van der Waals surface area (Å²) in [6.45, 7) is 1.94. The van der Waals surface area contributed by atoms with E-state index in [0.29, 0.717) is 11.1 Å². The Labute approximate surface area is 106 Å². The molecule has 0 aliphatic rings. The summed E-state index contributed by atoms with van der Waals surface area (Å²) in [5, 5.41) is 0. The quantitative estimate of drug-likeness (QED) is 0.640. The lowest BCUT2D eigenvalue weighted by Gasteiger charge is -2.02. The number of terminal acetylenes is 1. The van der Waals surface area contributed by atoms with Gasteiger partial charge in [0.05, 0.1) is 0 Å². The first kappa shape index (κ1) is 13.9. The van der Waals surface area contributed by atoms with Crippen molar-refractivity contribution in [3.05, 3.63) is 60.2 Å². The van der Waals surface area contributed by atoms with Gasteiger partial charge in [0.25, 0.3) is 0 Å². The van der Waals surface area contributed by atoms with Crippen LogP contribution in [0.25, 0.3) is 11.1 Å². The standard InChI is InChI=1S/C12H8F2.C4H6/c13-10-6-7-12(14)11(8-10)9-4-2-1-3-5-9;1-3-4-2/h1-8H;1H,4H2,2H3. The van der Waals surface area contributed by atoms with Crippen molar-refractivity contribution < 1.29 is 8.78 Å². The third kappa shape index (κ3) is 4.03. The zero-order chi connectivity index (χ0) is 13.4. The summed E-state index contributed by atoms with van der Waals surface area (Å²) in [5.41, 5.74) is 0.982. The van der Waals surface area contributed by atoms with E-state index in [4.69, 9.17) is 6.42 Å². The van der Waals surface area contributed by atoms with Crippen molar-refractivity contribution in [1.29, 1.82) is 0 Å². The van der Waals surface area contributed by atoms with E-state index < -0.39 is 11.6 Å². The average Bonchev–Trinajstić information content (AvgIpc) is 2.43. The molecule has 0 spiro atoms. The Morgan fingerprint density at radius 2 is 1.67 bits per heavy atom. The molecular formula is C16H14F2. The maximum Gasteiger partial charge on any atom is 0.131 e. The number of rotatable bonds is 1. The lowest BCUT2D eigenvalue weighted by atomic mass is 10.1. The van der Waals surface area contributed by atoms with Gasteiger partial charge in [-0.1, -0.05) is 37.3 Å². The van der Waals surface area contributed by atoms with Crippen LogP contribution in [-0.2, 0) is 0 Å². The van der Waals surface area contributed by atoms with Crippen LogP contribution in [0.15, 0.2) is 48.5 Å². The molecule has 0 bridgehead atoms. The van der Waals surface area contributed by atoms with Crippen molar-refractivity contribution in [2.45, 2.75) is 13.3 Å². The molecule has 2 aromatic carbocycles. The molecule has 2 aromatic rings. The lowest BCUT2D eigenvalue weighted by Crippen LogP contribution is -1.85. The second-order valence-corrected chi connectivity index (χ2v) is 3.55. The maximum atomic E-state index is 13.3. The highest BCUT2D eigenvalue weighted by Gasteiger charge is 2.04. The number of benzene rings is 2. The van der Waals surface area contributed by atoms with Crippen LogP contribution in [0.2, 0.25) is 0 Å². The molecule has 2 rings (SSSR count). The summed E-state index contributed by atoms with van der Waals surface area (Å²) in [7, 11) is 0. The molecule has 0 aliphatic heterocycles. The maximum absolute atomic E-state index is 13.3. The molecule has 0 nitrogen and oxygen atoms in total. The van der Waals surface area contributed by atoms with E-state index in [1.165, 1.54) is 6.07 Å². The van der Waals surface area contributed by atoms with E-state index in [1.54, 1.807) is 24.3 Å². The van der Waals surface area contributed by atoms with Crippen LogP contribution in [0.5, 0.6) is 0 Å². The summed E-state index contributed by atoms with van der Waals surface area (Å²) < 4.78 is 26.2. The third-order valence-electron chi connectivity index (χ3n) is 2.22. The summed E-state index contributed by atoms with van der Waals surface area (Å²) >= 11 is 0. The number of hydrogen-bond donors (Lipinski definition) is 0. The van der Waals surface area contributed by atoms with Crippen molar-refractivity contribution in [3.8, 4) is 23.5 Å². The zero-order valence-corrected chi connectivity index (χ0v) is 10.2. The van der Waals surface area contributed by atoms with E-state index in [-0.39, 0.29) is 0 Å². The summed E-state index contributed by atoms with van der Waals surface area (Å²) in [6.07, 6.45) is 5.62. The van der Waals surface area contributed by atoms with Gasteiger partial charge in [-0.05, 0) is 23.8 Å². The van der Waals surface area contributed by atoms with Gasteiger partial charge in [0, 0.05) is 12.0 Å². The molecular weight excluding hydrogens is 230 g/mol. The van der Waals surface area contributed by atoms with Crippen LogP contribution < -0.4 is 0 Å². The molecule has 0 aromatic heterocycles. The van der Waals surface area contributed by atoms with Crippen molar-refractivity contribution in [3.63, 3.8) is 0 Å². The van der Waals surface area contributed by atoms with E-state index in [2.05, 4.69) is 5.92 Å². The summed E-state index contributed by atoms with van der Waals surface area (Å²) in [4.78, 5) is 0. The molecule has 0 amide bonds. The Morgan fingerprint density at radius 1 is 1.06 bits per heavy atom. The highest BCUT2D eigenvalue weighted by atomic mass is 19.1. The second kappa shape index (κ2) is 7.24. The van der Waals surface area contributed by atoms with Crippen molar-refractivity contribution >= 4 is 0 Å². The first-order chi connectivity index (χ1) is 8.69. The van der Waals surface area contributed by atoms with Crippen LogP contribution in [-0.4, -0.2) is 0 Å². The van der Waals surface area contributed by atoms with E-state index >= 15 is 0 Å². The highest BCUT2D eigenvalue weighted by Crippen LogP contribution is 2.22.